The first-order valence-electron chi connectivity index (χ1n) is 3.78. The van der Waals surface area contributed by atoms with E-state index in [9.17, 15) is 0 Å². The van der Waals surface area contributed by atoms with E-state index in [2.05, 4.69) is 0 Å². The van der Waals surface area contributed by atoms with Gasteiger partial charge < -0.3 is 11.5 Å². The average Bonchev–Trinajstić information content (AvgIpc) is 2.50. The van der Waals surface area contributed by atoms with Crippen LogP contribution in [0, 0.1) is 11.8 Å². The first kappa shape index (κ1) is 7.03. The maximum atomic E-state index is 5.40. The third kappa shape index (κ3) is 1.95. The monoisotopic (exact) mass is 128 g/mol. The van der Waals surface area contributed by atoms with Gasteiger partial charge in [0.2, 0.25) is 0 Å². The predicted molar refractivity (Wildman–Crippen MR) is 38.9 cm³/mol. The summed E-state index contributed by atoms with van der Waals surface area (Å²) in [6, 6.07) is 0. The van der Waals surface area contributed by atoms with Crippen molar-refractivity contribution in [3.05, 3.63) is 0 Å². The van der Waals surface area contributed by atoms with Crippen LogP contribution < -0.4 is 11.5 Å². The molecule has 4 N–H and O–H groups in total. The van der Waals surface area contributed by atoms with Gasteiger partial charge in [0.15, 0.2) is 0 Å². The Hall–Kier alpha value is -0.0800. The molecule has 1 aliphatic rings. The normalized spacial score (nSPS) is 32.7. The van der Waals surface area contributed by atoms with Gasteiger partial charge in [0.05, 0.1) is 0 Å². The first-order chi connectivity index (χ1) is 4.38. The SMILES string of the molecule is NCC[C@@H]1C[C@@H]1CCN. The fraction of sp³-hybridized carbons (Fsp3) is 1.00. The van der Waals surface area contributed by atoms with Crippen LogP contribution in [0.5, 0.6) is 0 Å². The minimum absolute atomic E-state index is 0.853. The summed E-state index contributed by atoms with van der Waals surface area (Å²) >= 11 is 0. The fourth-order valence-corrected chi connectivity index (χ4v) is 1.45. The van der Waals surface area contributed by atoms with Crippen molar-refractivity contribution in [2.75, 3.05) is 13.1 Å². The molecule has 0 amide bonds. The summed E-state index contributed by atoms with van der Waals surface area (Å²) in [6.45, 7) is 1.71. The highest BCUT2D eigenvalue weighted by atomic mass is 14.6. The van der Waals surface area contributed by atoms with Gasteiger partial charge in [0, 0.05) is 0 Å². The molecule has 9 heavy (non-hydrogen) atoms. The summed E-state index contributed by atoms with van der Waals surface area (Å²) in [7, 11) is 0. The molecule has 0 aromatic heterocycles. The van der Waals surface area contributed by atoms with Gasteiger partial charge in [-0.05, 0) is 44.2 Å². The van der Waals surface area contributed by atoms with Crippen LogP contribution in [0.1, 0.15) is 19.3 Å². The molecule has 0 unspecified atom stereocenters. The van der Waals surface area contributed by atoms with E-state index < -0.39 is 0 Å². The van der Waals surface area contributed by atoms with Gasteiger partial charge in [-0.2, -0.15) is 0 Å². The van der Waals surface area contributed by atoms with Crippen LogP contribution >= 0.6 is 0 Å². The summed E-state index contributed by atoms with van der Waals surface area (Å²) < 4.78 is 0. The van der Waals surface area contributed by atoms with Gasteiger partial charge in [-0.25, -0.2) is 0 Å². The van der Waals surface area contributed by atoms with Gasteiger partial charge in [-0.1, -0.05) is 0 Å². The Kier molecular flexibility index (Phi) is 2.49. The van der Waals surface area contributed by atoms with E-state index in [-0.39, 0.29) is 0 Å². The fourth-order valence-electron chi connectivity index (χ4n) is 1.45. The molecule has 0 aromatic rings. The Bertz CT molecular complexity index is 73.0. The molecule has 0 bridgehead atoms. The third-order valence-electron chi connectivity index (χ3n) is 2.14. The van der Waals surface area contributed by atoms with Crippen molar-refractivity contribution in [3.63, 3.8) is 0 Å². The van der Waals surface area contributed by atoms with Crippen molar-refractivity contribution in [1.29, 1.82) is 0 Å². The maximum absolute atomic E-state index is 5.40. The molecule has 2 heteroatoms. The second-order valence-corrected chi connectivity index (χ2v) is 2.91. The molecule has 0 radical (unpaired) electrons. The summed E-state index contributed by atoms with van der Waals surface area (Å²) in [5.41, 5.74) is 10.8. The van der Waals surface area contributed by atoms with Crippen molar-refractivity contribution >= 4 is 0 Å². The van der Waals surface area contributed by atoms with E-state index in [0.29, 0.717) is 0 Å². The smallest absolute Gasteiger partial charge is 0.00745 e. The molecule has 0 heterocycles. The molecule has 0 saturated heterocycles. The number of hydrogen-bond donors (Lipinski definition) is 2. The van der Waals surface area contributed by atoms with Crippen LogP contribution in [-0.4, -0.2) is 13.1 Å². The van der Waals surface area contributed by atoms with Crippen LogP contribution in [0.25, 0.3) is 0 Å². The first-order valence-corrected chi connectivity index (χ1v) is 3.78. The van der Waals surface area contributed by atoms with E-state index >= 15 is 0 Å². The highest BCUT2D eigenvalue weighted by Crippen LogP contribution is 2.42. The van der Waals surface area contributed by atoms with Crippen LogP contribution in [0.3, 0.4) is 0 Å². The van der Waals surface area contributed by atoms with E-state index in [0.717, 1.165) is 24.9 Å². The van der Waals surface area contributed by atoms with Crippen LogP contribution in [0.4, 0.5) is 0 Å². The predicted octanol–water partition coefficient (Wildman–Crippen LogP) is 0.320. The lowest BCUT2D eigenvalue weighted by Crippen LogP contribution is -2.03. The van der Waals surface area contributed by atoms with Gasteiger partial charge >= 0.3 is 0 Å². The average molecular weight is 128 g/mol. The lowest BCUT2D eigenvalue weighted by molar-refractivity contribution is 0.620. The van der Waals surface area contributed by atoms with Crippen molar-refractivity contribution in [1.82, 2.24) is 0 Å². The second-order valence-electron chi connectivity index (χ2n) is 2.91. The summed E-state index contributed by atoms with van der Waals surface area (Å²) in [4.78, 5) is 0. The molecule has 0 spiro atoms. The molecule has 2 nitrogen and oxygen atoms in total. The van der Waals surface area contributed by atoms with Crippen molar-refractivity contribution in [3.8, 4) is 0 Å². The highest BCUT2D eigenvalue weighted by molar-refractivity contribution is 4.85. The zero-order valence-electron chi connectivity index (χ0n) is 5.84. The number of hydrogen-bond acceptors (Lipinski definition) is 2. The standard InChI is InChI=1S/C7H16N2/c8-3-1-6-5-7(6)2-4-9/h6-7H,1-5,8-9H2/t6-,7+. The van der Waals surface area contributed by atoms with Crippen LogP contribution in [-0.2, 0) is 0 Å². The molecular weight excluding hydrogens is 112 g/mol. The molecule has 0 aromatic carbocycles. The van der Waals surface area contributed by atoms with Crippen LogP contribution in [0.15, 0.2) is 0 Å². The van der Waals surface area contributed by atoms with E-state index in [1.165, 1.54) is 19.3 Å². The minimum Gasteiger partial charge on any atom is -0.330 e. The van der Waals surface area contributed by atoms with Gasteiger partial charge in [0.1, 0.15) is 0 Å². The Morgan fingerprint density at radius 3 is 1.78 bits per heavy atom. The summed E-state index contributed by atoms with van der Waals surface area (Å²) in [5, 5.41) is 0. The Labute approximate surface area is 56.6 Å². The maximum Gasteiger partial charge on any atom is -0.00745 e. The second kappa shape index (κ2) is 3.18. The Morgan fingerprint density at radius 2 is 1.44 bits per heavy atom. The molecular formula is C7H16N2. The van der Waals surface area contributed by atoms with Gasteiger partial charge in [-0.15, -0.1) is 0 Å². The number of rotatable bonds is 4. The zero-order chi connectivity index (χ0) is 6.69. The van der Waals surface area contributed by atoms with Crippen molar-refractivity contribution < 1.29 is 0 Å². The zero-order valence-corrected chi connectivity index (χ0v) is 5.84. The largest absolute Gasteiger partial charge is 0.330 e. The summed E-state index contributed by atoms with van der Waals surface area (Å²) in [5.74, 6) is 1.86. The van der Waals surface area contributed by atoms with Gasteiger partial charge in [-0.3, -0.25) is 0 Å². The summed E-state index contributed by atoms with van der Waals surface area (Å²) in [6.07, 6.45) is 3.81. The van der Waals surface area contributed by atoms with E-state index in [1.54, 1.807) is 0 Å². The Morgan fingerprint density at radius 1 is 1.00 bits per heavy atom. The molecule has 1 rings (SSSR count). The van der Waals surface area contributed by atoms with E-state index in [4.69, 9.17) is 11.5 Å². The highest BCUT2D eigenvalue weighted by Gasteiger charge is 2.34. The molecule has 1 saturated carbocycles. The molecule has 1 aliphatic carbocycles. The Balaban J connectivity index is 1.96. The lowest BCUT2D eigenvalue weighted by atomic mass is 10.2. The quantitative estimate of drug-likeness (QED) is 0.573. The van der Waals surface area contributed by atoms with Crippen molar-refractivity contribution in [2.24, 2.45) is 23.3 Å². The molecule has 54 valence electrons. The molecule has 2 atom stereocenters. The third-order valence-corrected chi connectivity index (χ3v) is 2.14. The minimum atomic E-state index is 0.853. The van der Waals surface area contributed by atoms with Crippen molar-refractivity contribution in [2.45, 2.75) is 19.3 Å². The molecule has 1 fully saturated rings. The lowest BCUT2D eigenvalue weighted by Gasteiger charge is -1.93. The topological polar surface area (TPSA) is 52.0 Å². The molecule has 0 aliphatic heterocycles. The van der Waals surface area contributed by atoms with E-state index in [1.807, 2.05) is 0 Å². The van der Waals surface area contributed by atoms with Crippen LogP contribution in [0.2, 0.25) is 0 Å². The number of nitrogens with two attached hydrogens (primary N) is 2. The van der Waals surface area contributed by atoms with Gasteiger partial charge in [0.25, 0.3) is 0 Å².